The minimum absolute atomic E-state index is 0.0695. The summed E-state index contributed by atoms with van der Waals surface area (Å²) in [6.07, 6.45) is 5.43. The molecule has 1 fully saturated rings. The number of nitrogens with zero attached hydrogens (tertiary/aromatic N) is 1. The Morgan fingerprint density at radius 2 is 1.96 bits per heavy atom. The first-order valence-corrected chi connectivity index (χ1v) is 7.93. The maximum absolute atomic E-state index is 12.4. The third-order valence-electron chi connectivity index (χ3n) is 4.52. The second-order valence-electron chi connectivity index (χ2n) is 6.09. The maximum Gasteiger partial charge on any atom is 0.251 e. The summed E-state index contributed by atoms with van der Waals surface area (Å²) in [5.41, 5.74) is 1.31. The summed E-state index contributed by atoms with van der Waals surface area (Å²) >= 11 is 0. The molecule has 0 aliphatic carbocycles. The first kappa shape index (κ1) is 15.8. The lowest BCUT2D eigenvalue weighted by molar-refractivity contribution is -0.0146. The van der Waals surface area contributed by atoms with Crippen LogP contribution in [0.3, 0.4) is 0 Å². The fourth-order valence-corrected chi connectivity index (χ4v) is 2.88. The van der Waals surface area contributed by atoms with Gasteiger partial charge in [0.25, 0.3) is 5.91 Å². The van der Waals surface area contributed by atoms with E-state index in [1.165, 1.54) is 0 Å². The van der Waals surface area contributed by atoms with Gasteiger partial charge in [0.1, 0.15) is 0 Å². The van der Waals surface area contributed by atoms with Crippen LogP contribution in [0.4, 0.5) is 0 Å². The smallest absolute Gasteiger partial charge is 0.251 e. The molecule has 122 valence electrons. The van der Waals surface area contributed by atoms with Crippen LogP contribution in [0.1, 0.15) is 23.2 Å². The quantitative estimate of drug-likeness (QED) is 0.887. The Morgan fingerprint density at radius 3 is 2.65 bits per heavy atom. The summed E-state index contributed by atoms with van der Waals surface area (Å²) in [6.45, 7) is 1.82. The van der Waals surface area contributed by atoms with Gasteiger partial charge in [-0.15, -0.1) is 0 Å². The summed E-state index contributed by atoms with van der Waals surface area (Å²) in [5, 5.41) is 12.7. The Labute approximate surface area is 135 Å². The molecule has 0 radical (unpaired) electrons. The summed E-state index contributed by atoms with van der Waals surface area (Å²) in [6, 6.07) is 11.4. The van der Waals surface area contributed by atoms with E-state index in [0.717, 1.165) is 18.5 Å². The summed E-state index contributed by atoms with van der Waals surface area (Å²) in [4.78, 5) is 12.4. The van der Waals surface area contributed by atoms with E-state index < -0.39 is 0 Å². The molecule has 3 rings (SSSR count). The molecule has 1 aliphatic rings. The van der Waals surface area contributed by atoms with E-state index in [2.05, 4.69) is 5.32 Å². The standard InChI is InChI=1S/C18H22N2O3/c21-14-18(6-10-23-11-7-18)13-19-17(22)15-4-3-5-16(12-15)20-8-1-2-9-20/h1-5,8-9,12,21H,6-7,10-11,13-14H2,(H,19,22). The van der Waals surface area contributed by atoms with Gasteiger partial charge in [0.2, 0.25) is 0 Å². The molecule has 1 aromatic heterocycles. The first-order valence-electron chi connectivity index (χ1n) is 7.93. The van der Waals surface area contributed by atoms with Gasteiger partial charge in [-0.05, 0) is 43.2 Å². The highest BCUT2D eigenvalue weighted by atomic mass is 16.5. The predicted molar refractivity (Wildman–Crippen MR) is 87.7 cm³/mol. The molecule has 0 bridgehead atoms. The van der Waals surface area contributed by atoms with Gasteiger partial charge in [0.05, 0.1) is 6.61 Å². The van der Waals surface area contributed by atoms with Gasteiger partial charge in [-0.2, -0.15) is 0 Å². The zero-order chi connectivity index (χ0) is 16.1. The molecule has 5 nitrogen and oxygen atoms in total. The Morgan fingerprint density at radius 1 is 1.22 bits per heavy atom. The fraction of sp³-hybridized carbons (Fsp3) is 0.389. The molecule has 0 atom stereocenters. The van der Waals surface area contributed by atoms with Crippen molar-refractivity contribution in [1.82, 2.24) is 9.88 Å². The lowest BCUT2D eigenvalue weighted by Crippen LogP contribution is -2.43. The molecule has 1 aliphatic heterocycles. The van der Waals surface area contributed by atoms with Gasteiger partial charge in [0, 0.05) is 48.8 Å². The molecule has 1 amide bonds. The van der Waals surface area contributed by atoms with Crippen molar-refractivity contribution in [1.29, 1.82) is 0 Å². The van der Waals surface area contributed by atoms with Gasteiger partial charge in [0.15, 0.2) is 0 Å². The minimum Gasteiger partial charge on any atom is -0.396 e. The van der Waals surface area contributed by atoms with Gasteiger partial charge in [-0.1, -0.05) is 6.07 Å². The molecule has 0 unspecified atom stereocenters. The number of amides is 1. The van der Waals surface area contributed by atoms with Crippen molar-refractivity contribution in [3.8, 4) is 5.69 Å². The monoisotopic (exact) mass is 314 g/mol. The molecule has 0 spiro atoms. The average molecular weight is 314 g/mol. The zero-order valence-electron chi connectivity index (χ0n) is 13.1. The van der Waals surface area contributed by atoms with Gasteiger partial charge < -0.3 is 19.7 Å². The number of hydrogen-bond acceptors (Lipinski definition) is 3. The van der Waals surface area contributed by atoms with Crippen LogP contribution in [0.25, 0.3) is 5.69 Å². The number of benzene rings is 1. The molecular weight excluding hydrogens is 292 g/mol. The number of aliphatic hydroxyl groups excluding tert-OH is 1. The molecular formula is C18H22N2O3. The lowest BCUT2D eigenvalue weighted by Gasteiger charge is -2.35. The van der Waals surface area contributed by atoms with Crippen LogP contribution < -0.4 is 5.32 Å². The van der Waals surface area contributed by atoms with Gasteiger partial charge in [-0.25, -0.2) is 0 Å². The molecule has 2 heterocycles. The van der Waals surface area contributed by atoms with Crippen molar-refractivity contribution >= 4 is 5.91 Å². The number of aromatic nitrogens is 1. The third-order valence-corrected chi connectivity index (χ3v) is 4.52. The van der Waals surface area contributed by atoms with E-state index in [4.69, 9.17) is 4.74 Å². The minimum atomic E-state index is -0.258. The SMILES string of the molecule is O=C(NCC1(CO)CCOCC1)c1cccc(-n2cccc2)c1. The third kappa shape index (κ3) is 3.63. The molecule has 2 N–H and O–H groups in total. The first-order chi connectivity index (χ1) is 11.2. The second kappa shape index (κ2) is 6.98. The largest absolute Gasteiger partial charge is 0.396 e. The summed E-state index contributed by atoms with van der Waals surface area (Å²) in [5.74, 6) is -0.113. The van der Waals surface area contributed by atoms with Crippen LogP contribution in [0.15, 0.2) is 48.8 Å². The molecule has 23 heavy (non-hydrogen) atoms. The Kier molecular flexibility index (Phi) is 4.79. The average Bonchev–Trinajstić information content (AvgIpc) is 3.15. The van der Waals surface area contributed by atoms with Crippen molar-refractivity contribution in [3.05, 3.63) is 54.4 Å². The summed E-state index contributed by atoms with van der Waals surface area (Å²) in [7, 11) is 0. The summed E-state index contributed by atoms with van der Waals surface area (Å²) < 4.78 is 7.31. The zero-order valence-corrected chi connectivity index (χ0v) is 13.1. The van der Waals surface area contributed by atoms with E-state index in [0.29, 0.717) is 25.3 Å². The number of aliphatic hydroxyl groups is 1. The molecule has 1 aromatic carbocycles. The van der Waals surface area contributed by atoms with E-state index in [1.54, 1.807) is 6.07 Å². The number of carbonyl (C=O) groups excluding carboxylic acids is 1. The van der Waals surface area contributed by atoms with E-state index in [9.17, 15) is 9.90 Å². The van der Waals surface area contributed by atoms with Crippen LogP contribution in [0, 0.1) is 5.41 Å². The number of carbonyl (C=O) groups is 1. The highest BCUT2D eigenvalue weighted by Gasteiger charge is 2.32. The molecule has 2 aromatic rings. The van der Waals surface area contributed by atoms with Crippen LogP contribution >= 0.6 is 0 Å². The number of rotatable bonds is 5. The van der Waals surface area contributed by atoms with Gasteiger partial charge >= 0.3 is 0 Å². The van der Waals surface area contributed by atoms with E-state index in [-0.39, 0.29) is 17.9 Å². The van der Waals surface area contributed by atoms with Gasteiger partial charge in [-0.3, -0.25) is 4.79 Å². The molecule has 1 saturated heterocycles. The Hall–Kier alpha value is -2.11. The Bertz CT molecular complexity index is 646. The highest BCUT2D eigenvalue weighted by molar-refractivity contribution is 5.94. The molecule has 5 heteroatoms. The van der Waals surface area contributed by atoms with Crippen molar-refractivity contribution < 1.29 is 14.6 Å². The lowest BCUT2D eigenvalue weighted by atomic mass is 9.81. The van der Waals surface area contributed by atoms with Crippen molar-refractivity contribution in [2.75, 3.05) is 26.4 Å². The number of ether oxygens (including phenoxy) is 1. The molecule has 0 saturated carbocycles. The number of nitrogens with one attached hydrogen (secondary N) is 1. The van der Waals surface area contributed by atoms with Crippen LogP contribution in [0.5, 0.6) is 0 Å². The maximum atomic E-state index is 12.4. The van der Waals surface area contributed by atoms with E-state index >= 15 is 0 Å². The van der Waals surface area contributed by atoms with E-state index in [1.807, 2.05) is 47.3 Å². The van der Waals surface area contributed by atoms with Crippen LogP contribution in [0.2, 0.25) is 0 Å². The fourth-order valence-electron chi connectivity index (χ4n) is 2.88. The predicted octanol–water partition coefficient (Wildman–Crippen LogP) is 2.00. The van der Waals surface area contributed by atoms with Crippen molar-refractivity contribution in [3.63, 3.8) is 0 Å². The van der Waals surface area contributed by atoms with Crippen LogP contribution in [-0.2, 0) is 4.74 Å². The normalized spacial score (nSPS) is 16.9. The van der Waals surface area contributed by atoms with Crippen LogP contribution in [-0.4, -0.2) is 41.9 Å². The van der Waals surface area contributed by atoms with Crippen molar-refractivity contribution in [2.24, 2.45) is 5.41 Å². The number of hydrogen-bond donors (Lipinski definition) is 2. The Balaban J connectivity index is 1.67. The van der Waals surface area contributed by atoms with Crippen molar-refractivity contribution in [2.45, 2.75) is 12.8 Å². The second-order valence-corrected chi connectivity index (χ2v) is 6.09. The highest BCUT2D eigenvalue weighted by Crippen LogP contribution is 2.29. The topological polar surface area (TPSA) is 63.5 Å².